The summed E-state index contributed by atoms with van der Waals surface area (Å²) in [5, 5.41) is 5.26. The number of amides is 1. The van der Waals surface area contributed by atoms with Crippen molar-refractivity contribution in [1.82, 2.24) is 5.32 Å². The lowest BCUT2D eigenvalue weighted by Gasteiger charge is -2.27. The maximum atomic E-state index is 12.5. The van der Waals surface area contributed by atoms with Crippen molar-refractivity contribution in [3.05, 3.63) is 48.0 Å². The summed E-state index contributed by atoms with van der Waals surface area (Å²) in [6.07, 6.45) is 4.99. The molecule has 1 saturated carbocycles. The summed E-state index contributed by atoms with van der Waals surface area (Å²) in [4.78, 5) is 13.0. The third kappa shape index (κ3) is 3.29. The van der Waals surface area contributed by atoms with Gasteiger partial charge in [0.25, 0.3) is 5.91 Å². The number of carbonyl (C=O) groups is 1. The second-order valence-electron chi connectivity index (χ2n) is 5.80. The number of hydrogen-bond acceptors (Lipinski definition) is 1. The third-order valence-corrected chi connectivity index (χ3v) is 5.58. The third-order valence-electron chi connectivity index (χ3n) is 4.38. The Labute approximate surface area is 134 Å². The summed E-state index contributed by atoms with van der Waals surface area (Å²) in [6, 6.07) is 13.9. The first-order chi connectivity index (χ1) is 10.3. The normalized spacial score (nSPS) is 22.1. The molecule has 1 aliphatic carbocycles. The van der Waals surface area contributed by atoms with Crippen LogP contribution >= 0.6 is 15.9 Å². The molecule has 0 bridgehead atoms. The predicted octanol–water partition coefficient (Wildman–Crippen LogP) is 4.52. The zero-order valence-corrected chi connectivity index (χ0v) is 13.6. The summed E-state index contributed by atoms with van der Waals surface area (Å²) in [6.45, 7) is 0.762. The fraction of sp³-hybridized carbons (Fsp3) is 0.389. The number of fused-ring (bicyclic) bond motifs is 1. The molecule has 0 spiro atoms. The number of hydrogen-bond donors (Lipinski definition) is 1. The molecule has 2 unspecified atom stereocenters. The van der Waals surface area contributed by atoms with E-state index in [9.17, 15) is 4.79 Å². The number of alkyl halides is 1. The number of halogens is 1. The Morgan fingerprint density at radius 2 is 1.86 bits per heavy atom. The van der Waals surface area contributed by atoms with Crippen LogP contribution in [0.3, 0.4) is 0 Å². The van der Waals surface area contributed by atoms with Gasteiger partial charge in [0.15, 0.2) is 0 Å². The molecule has 0 heterocycles. The van der Waals surface area contributed by atoms with Crippen LogP contribution < -0.4 is 5.32 Å². The molecule has 0 saturated heterocycles. The summed E-state index contributed by atoms with van der Waals surface area (Å²) < 4.78 is 0. The number of nitrogens with one attached hydrogen (secondary N) is 1. The molecule has 1 fully saturated rings. The van der Waals surface area contributed by atoms with Crippen LogP contribution in [0.25, 0.3) is 10.8 Å². The zero-order valence-electron chi connectivity index (χ0n) is 12.0. The molecular formula is C18H20BrNO. The van der Waals surface area contributed by atoms with Crippen molar-refractivity contribution >= 4 is 32.6 Å². The molecule has 1 aliphatic rings. The van der Waals surface area contributed by atoms with Crippen LogP contribution in [0.1, 0.15) is 36.0 Å². The van der Waals surface area contributed by atoms with Crippen molar-refractivity contribution in [3.63, 3.8) is 0 Å². The van der Waals surface area contributed by atoms with Crippen LogP contribution in [0, 0.1) is 5.92 Å². The van der Waals surface area contributed by atoms with Gasteiger partial charge in [-0.2, -0.15) is 0 Å². The van der Waals surface area contributed by atoms with Crippen LogP contribution in [-0.4, -0.2) is 17.3 Å². The molecule has 2 aromatic rings. The van der Waals surface area contributed by atoms with Crippen molar-refractivity contribution in [3.8, 4) is 0 Å². The molecule has 0 aliphatic heterocycles. The highest BCUT2D eigenvalue weighted by Crippen LogP contribution is 2.29. The molecule has 21 heavy (non-hydrogen) atoms. The van der Waals surface area contributed by atoms with Gasteiger partial charge in [0.1, 0.15) is 0 Å². The fourth-order valence-electron chi connectivity index (χ4n) is 3.13. The van der Waals surface area contributed by atoms with Crippen molar-refractivity contribution < 1.29 is 4.79 Å². The summed E-state index contributed by atoms with van der Waals surface area (Å²) >= 11 is 3.75. The monoisotopic (exact) mass is 345 g/mol. The molecule has 0 radical (unpaired) electrons. The lowest BCUT2D eigenvalue weighted by Crippen LogP contribution is -2.34. The highest BCUT2D eigenvalue weighted by molar-refractivity contribution is 9.09. The van der Waals surface area contributed by atoms with Gasteiger partial charge >= 0.3 is 0 Å². The van der Waals surface area contributed by atoms with Crippen LogP contribution in [0.5, 0.6) is 0 Å². The second kappa shape index (κ2) is 6.61. The summed E-state index contributed by atoms with van der Waals surface area (Å²) in [5.74, 6) is 0.592. The zero-order chi connectivity index (χ0) is 14.7. The van der Waals surface area contributed by atoms with E-state index in [2.05, 4.69) is 21.2 Å². The van der Waals surface area contributed by atoms with Gasteiger partial charge in [0.05, 0.1) is 0 Å². The molecular weight excluding hydrogens is 326 g/mol. The smallest absolute Gasteiger partial charge is 0.251 e. The van der Waals surface area contributed by atoms with Gasteiger partial charge < -0.3 is 5.32 Å². The SMILES string of the molecule is O=C(NCC1CCCCC1Br)c1cccc2ccccc12. The molecule has 1 N–H and O–H groups in total. The number of benzene rings is 2. The molecule has 2 atom stereocenters. The Hall–Kier alpha value is -1.35. The molecule has 2 aromatic carbocycles. The van der Waals surface area contributed by atoms with Gasteiger partial charge in [-0.15, -0.1) is 0 Å². The Balaban J connectivity index is 1.72. The standard InChI is InChI=1S/C18H20BrNO/c19-17-11-4-2-7-14(17)12-20-18(21)16-10-5-8-13-6-1-3-9-15(13)16/h1,3,5-6,8-10,14,17H,2,4,7,11-12H2,(H,20,21). The Bertz CT molecular complexity index is 635. The van der Waals surface area contributed by atoms with Gasteiger partial charge in [-0.1, -0.05) is 65.2 Å². The molecule has 3 rings (SSSR count). The Kier molecular flexibility index (Phi) is 4.59. The minimum absolute atomic E-state index is 0.0390. The maximum Gasteiger partial charge on any atom is 0.251 e. The number of rotatable bonds is 3. The van der Waals surface area contributed by atoms with Gasteiger partial charge in [-0.3, -0.25) is 4.79 Å². The van der Waals surface area contributed by atoms with Crippen molar-refractivity contribution in [2.75, 3.05) is 6.54 Å². The average molecular weight is 346 g/mol. The topological polar surface area (TPSA) is 29.1 Å². The van der Waals surface area contributed by atoms with E-state index >= 15 is 0 Å². The van der Waals surface area contributed by atoms with E-state index in [-0.39, 0.29) is 5.91 Å². The van der Waals surface area contributed by atoms with Crippen LogP contribution in [-0.2, 0) is 0 Å². The minimum Gasteiger partial charge on any atom is -0.352 e. The molecule has 2 nitrogen and oxygen atoms in total. The first-order valence-electron chi connectivity index (χ1n) is 7.66. The molecule has 0 aromatic heterocycles. The van der Waals surface area contributed by atoms with E-state index in [1.165, 1.54) is 25.7 Å². The molecule has 110 valence electrons. The average Bonchev–Trinajstić information content (AvgIpc) is 2.53. The first-order valence-corrected chi connectivity index (χ1v) is 8.57. The van der Waals surface area contributed by atoms with Gasteiger partial charge in [-0.05, 0) is 35.6 Å². The Morgan fingerprint density at radius 3 is 2.71 bits per heavy atom. The molecule has 3 heteroatoms. The minimum atomic E-state index is 0.0390. The quantitative estimate of drug-likeness (QED) is 0.814. The van der Waals surface area contributed by atoms with E-state index in [1.807, 2.05) is 42.5 Å². The van der Waals surface area contributed by atoms with E-state index in [1.54, 1.807) is 0 Å². The maximum absolute atomic E-state index is 12.5. The van der Waals surface area contributed by atoms with Crippen LogP contribution in [0.2, 0.25) is 0 Å². The predicted molar refractivity (Wildman–Crippen MR) is 91.0 cm³/mol. The van der Waals surface area contributed by atoms with Gasteiger partial charge in [-0.25, -0.2) is 0 Å². The highest BCUT2D eigenvalue weighted by atomic mass is 79.9. The lowest BCUT2D eigenvalue weighted by molar-refractivity contribution is 0.0946. The summed E-state index contributed by atoms with van der Waals surface area (Å²) in [7, 11) is 0. The van der Waals surface area contributed by atoms with E-state index < -0.39 is 0 Å². The largest absolute Gasteiger partial charge is 0.352 e. The van der Waals surface area contributed by atoms with Gasteiger partial charge in [0.2, 0.25) is 0 Å². The van der Waals surface area contributed by atoms with Crippen molar-refractivity contribution in [2.45, 2.75) is 30.5 Å². The summed E-state index contributed by atoms with van der Waals surface area (Å²) in [5.41, 5.74) is 0.773. The van der Waals surface area contributed by atoms with Crippen LogP contribution in [0.4, 0.5) is 0 Å². The van der Waals surface area contributed by atoms with Gasteiger partial charge in [0, 0.05) is 16.9 Å². The van der Waals surface area contributed by atoms with E-state index in [0.29, 0.717) is 10.7 Å². The fourth-order valence-corrected chi connectivity index (χ4v) is 3.91. The first kappa shape index (κ1) is 14.6. The highest BCUT2D eigenvalue weighted by Gasteiger charge is 2.23. The molecule has 1 amide bonds. The van der Waals surface area contributed by atoms with E-state index in [0.717, 1.165) is 22.9 Å². The van der Waals surface area contributed by atoms with Crippen molar-refractivity contribution in [2.24, 2.45) is 5.92 Å². The van der Waals surface area contributed by atoms with Crippen LogP contribution in [0.15, 0.2) is 42.5 Å². The Morgan fingerprint density at radius 1 is 1.10 bits per heavy atom. The van der Waals surface area contributed by atoms with E-state index in [4.69, 9.17) is 0 Å². The lowest BCUT2D eigenvalue weighted by atomic mass is 9.89. The number of carbonyl (C=O) groups excluding carboxylic acids is 1. The second-order valence-corrected chi connectivity index (χ2v) is 6.97. The van der Waals surface area contributed by atoms with Crippen molar-refractivity contribution in [1.29, 1.82) is 0 Å².